The normalized spacial score (nSPS) is 11.9. The minimum atomic E-state index is -0.425. The van der Waals surface area contributed by atoms with Gasteiger partial charge in [0.15, 0.2) is 0 Å². The highest BCUT2D eigenvalue weighted by molar-refractivity contribution is 8.00. The quantitative estimate of drug-likeness (QED) is 0.506. The molecule has 1 unspecified atom stereocenters. The van der Waals surface area contributed by atoms with Crippen LogP contribution in [-0.4, -0.2) is 12.6 Å². The van der Waals surface area contributed by atoms with Crippen LogP contribution >= 0.6 is 23.4 Å². The number of nitrogens with two attached hydrogens (primary N) is 1. The lowest BCUT2D eigenvalue weighted by molar-refractivity contribution is -0.142. The average Bonchev–Trinajstić information content (AvgIpc) is 2.49. The first-order valence-corrected chi connectivity index (χ1v) is 7.81. The van der Waals surface area contributed by atoms with Crippen LogP contribution in [0.2, 0.25) is 5.02 Å². The molecule has 2 rings (SSSR count). The molecule has 0 aliphatic rings. The van der Waals surface area contributed by atoms with Gasteiger partial charge in [-0.3, -0.25) is 4.79 Å². The summed E-state index contributed by atoms with van der Waals surface area (Å²) in [5.74, 6) is -0.262. The van der Waals surface area contributed by atoms with Crippen LogP contribution in [0.4, 0.5) is 5.69 Å². The Morgan fingerprint density at radius 1 is 1.29 bits per heavy atom. The lowest BCUT2D eigenvalue weighted by Crippen LogP contribution is -2.13. The summed E-state index contributed by atoms with van der Waals surface area (Å²) in [5.41, 5.74) is 7.12. The summed E-state index contributed by atoms with van der Waals surface area (Å²) in [6.07, 6.45) is 0. The van der Waals surface area contributed by atoms with Crippen LogP contribution in [-0.2, 0) is 9.53 Å². The summed E-state index contributed by atoms with van der Waals surface area (Å²) >= 11 is 7.43. The number of thioether (sulfide) groups is 1. The number of esters is 1. The molecule has 0 aliphatic carbocycles. The summed E-state index contributed by atoms with van der Waals surface area (Å²) in [7, 11) is 0. The second-order valence-electron chi connectivity index (χ2n) is 4.34. The van der Waals surface area contributed by atoms with Crippen molar-refractivity contribution in [2.45, 2.75) is 17.1 Å². The molecule has 2 aromatic rings. The maximum absolute atomic E-state index is 12.2. The summed E-state index contributed by atoms with van der Waals surface area (Å²) < 4.78 is 5.17. The molecule has 0 saturated carbocycles. The monoisotopic (exact) mass is 321 g/mol. The highest BCUT2D eigenvalue weighted by Crippen LogP contribution is 2.38. The van der Waals surface area contributed by atoms with Gasteiger partial charge < -0.3 is 10.5 Å². The van der Waals surface area contributed by atoms with E-state index in [2.05, 4.69) is 0 Å². The highest BCUT2D eigenvalue weighted by Gasteiger charge is 2.23. The molecule has 2 aromatic carbocycles. The zero-order valence-corrected chi connectivity index (χ0v) is 13.2. The molecule has 110 valence electrons. The van der Waals surface area contributed by atoms with Crippen molar-refractivity contribution in [2.24, 2.45) is 0 Å². The van der Waals surface area contributed by atoms with Gasteiger partial charge in [0.1, 0.15) is 5.25 Å². The summed E-state index contributed by atoms with van der Waals surface area (Å²) in [4.78, 5) is 13.1. The van der Waals surface area contributed by atoms with Gasteiger partial charge in [0.05, 0.1) is 17.3 Å². The van der Waals surface area contributed by atoms with Crippen molar-refractivity contribution in [3.8, 4) is 0 Å². The Balaban J connectivity index is 2.27. The van der Waals surface area contributed by atoms with Crippen LogP contribution in [0.5, 0.6) is 0 Å². The first-order chi connectivity index (χ1) is 10.1. The molecule has 0 saturated heterocycles. The van der Waals surface area contributed by atoms with Crippen LogP contribution in [0.3, 0.4) is 0 Å². The van der Waals surface area contributed by atoms with Gasteiger partial charge in [-0.1, -0.05) is 41.9 Å². The minimum Gasteiger partial charge on any atom is -0.465 e. The Morgan fingerprint density at radius 2 is 2.00 bits per heavy atom. The van der Waals surface area contributed by atoms with Gasteiger partial charge in [-0.2, -0.15) is 0 Å². The molecule has 0 bridgehead atoms. The highest BCUT2D eigenvalue weighted by atomic mass is 35.5. The van der Waals surface area contributed by atoms with Crippen LogP contribution in [0.15, 0.2) is 53.4 Å². The van der Waals surface area contributed by atoms with E-state index in [1.807, 2.05) is 36.4 Å². The topological polar surface area (TPSA) is 52.3 Å². The molecule has 0 heterocycles. The van der Waals surface area contributed by atoms with E-state index >= 15 is 0 Å². The molecule has 0 spiro atoms. The predicted octanol–water partition coefficient (Wildman–Crippen LogP) is 4.32. The fraction of sp³-hybridized carbons (Fsp3) is 0.188. The molecule has 0 aliphatic heterocycles. The molecule has 3 nitrogen and oxygen atoms in total. The van der Waals surface area contributed by atoms with Gasteiger partial charge in [0.25, 0.3) is 0 Å². The van der Waals surface area contributed by atoms with Gasteiger partial charge in [0.2, 0.25) is 0 Å². The molecule has 0 amide bonds. The fourth-order valence-corrected chi connectivity index (χ4v) is 3.12. The third-order valence-corrected chi connectivity index (χ3v) is 4.38. The van der Waals surface area contributed by atoms with E-state index < -0.39 is 5.25 Å². The number of nitrogen functional groups attached to an aromatic ring is 1. The maximum atomic E-state index is 12.2. The number of benzene rings is 2. The standard InChI is InChI=1S/C16H16ClNO2S/c1-2-20-16(19)15(11-6-4-3-5-7-11)21-12-8-9-14(18)13(17)10-12/h3-10,15H,2,18H2,1H3. The zero-order valence-electron chi connectivity index (χ0n) is 11.6. The molecular weight excluding hydrogens is 306 g/mol. The van der Waals surface area contributed by atoms with Gasteiger partial charge in [0, 0.05) is 4.90 Å². The van der Waals surface area contributed by atoms with Crippen molar-refractivity contribution in [3.05, 3.63) is 59.1 Å². The van der Waals surface area contributed by atoms with Crippen LogP contribution in [0, 0.1) is 0 Å². The van der Waals surface area contributed by atoms with Crippen molar-refractivity contribution in [3.63, 3.8) is 0 Å². The van der Waals surface area contributed by atoms with Gasteiger partial charge in [-0.15, -0.1) is 11.8 Å². The molecule has 0 radical (unpaired) electrons. The first kappa shape index (κ1) is 15.7. The summed E-state index contributed by atoms with van der Waals surface area (Å²) in [6, 6.07) is 14.9. The third kappa shape index (κ3) is 4.16. The Labute approximate surface area is 133 Å². The van der Waals surface area contributed by atoms with Crippen LogP contribution in [0.1, 0.15) is 17.7 Å². The van der Waals surface area contributed by atoms with Crippen molar-refractivity contribution in [2.75, 3.05) is 12.3 Å². The van der Waals surface area contributed by atoms with Gasteiger partial charge in [-0.25, -0.2) is 0 Å². The maximum Gasteiger partial charge on any atom is 0.323 e. The Hall–Kier alpha value is -1.65. The van der Waals surface area contributed by atoms with Crippen molar-refractivity contribution >= 4 is 35.0 Å². The number of halogens is 1. The number of carbonyl (C=O) groups is 1. The van der Waals surface area contributed by atoms with E-state index in [0.717, 1.165) is 10.5 Å². The van der Waals surface area contributed by atoms with Gasteiger partial charge in [-0.05, 0) is 30.7 Å². The van der Waals surface area contributed by atoms with E-state index in [1.54, 1.807) is 19.1 Å². The Morgan fingerprint density at radius 3 is 2.62 bits per heavy atom. The number of hydrogen-bond acceptors (Lipinski definition) is 4. The number of anilines is 1. The van der Waals surface area contributed by atoms with Crippen molar-refractivity contribution in [1.82, 2.24) is 0 Å². The number of rotatable bonds is 5. The molecule has 21 heavy (non-hydrogen) atoms. The zero-order chi connectivity index (χ0) is 15.2. The Kier molecular flexibility index (Phi) is 5.53. The number of hydrogen-bond donors (Lipinski definition) is 1. The van der Waals surface area contributed by atoms with E-state index in [9.17, 15) is 4.79 Å². The lowest BCUT2D eigenvalue weighted by Gasteiger charge is -2.16. The van der Waals surface area contributed by atoms with Crippen LogP contribution < -0.4 is 5.73 Å². The largest absolute Gasteiger partial charge is 0.465 e. The SMILES string of the molecule is CCOC(=O)C(Sc1ccc(N)c(Cl)c1)c1ccccc1. The second kappa shape index (κ2) is 7.38. The summed E-state index contributed by atoms with van der Waals surface area (Å²) in [5, 5.41) is 0.0570. The van der Waals surface area contributed by atoms with Crippen molar-refractivity contribution < 1.29 is 9.53 Å². The third-order valence-electron chi connectivity index (χ3n) is 2.83. The smallest absolute Gasteiger partial charge is 0.323 e. The molecule has 0 aromatic heterocycles. The van der Waals surface area contributed by atoms with E-state index in [0.29, 0.717) is 17.3 Å². The lowest BCUT2D eigenvalue weighted by atomic mass is 10.1. The van der Waals surface area contributed by atoms with Crippen LogP contribution in [0.25, 0.3) is 0 Å². The van der Waals surface area contributed by atoms with Crippen molar-refractivity contribution in [1.29, 1.82) is 0 Å². The minimum absolute atomic E-state index is 0.262. The second-order valence-corrected chi connectivity index (χ2v) is 5.93. The molecule has 0 fully saturated rings. The van der Waals surface area contributed by atoms with Gasteiger partial charge >= 0.3 is 5.97 Å². The Bertz CT molecular complexity index is 619. The predicted molar refractivity (Wildman–Crippen MR) is 87.5 cm³/mol. The fourth-order valence-electron chi connectivity index (χ4n) is 1.82. The first-order valence-electron chi connectivity index (χ1n) is 6.55. The average molecular weight is 322 g/mol. The van der Waals surface area contributed by atoms with E-state index in [1.165, 1.54) is 11.8 Å². The number of carbonyl (C=O) groups excluding carboxylic acids is 1. The van der Waals surface area contributed by atoms with E-state index in [-0.39, 0.29) is 5.97 Å². The molecule has 5 heteroatoms. The molecular formula is C16H16ClNO2S. The summed E-state index contributed by atoms with van der Waals surface area (Å²) in [6.45, 7) is 2.15. The molecule has 1 atom stereocenters. The number of ether oxygens (including phenoxy) is 1. The van der Waals surface area contributed by atoms with E-state index in [4.69, 9.17) is 22.1 Å². The molecule has 2 N–H and O–H groups in total.